The van der Waals surface area contributed by atoms with Crippen LogP contribution in [0.2, 0.25) is 0 Å². The molecule has 0 saturated heterocycles. The van der Waals surface area contributed by atoms with Crippen LogP contribution in [0.4, 0.5) is 0 Å². The van der Waals surface area contributed by atoms with Gasteiger partial charge >= 0.3 is 0 Å². The highest BCUT2D eigenvalue weighted by atomic mass is 35.5. The maximum atomic E-state index is 12.0. The summed E-state index contributed by atoms with van der Waals surface area (Å²) in [6.45, 7) is 2.48. The summed E-state index contributed by atoms with van der Waals surface area (Å²) in [7, 11) is 3.43. The zero-order valence-electron chi connectivity index (χ0n) is 11.4. The van der Waals surface area contributed by atoms with Gasteiger partial charge in [0.15, 0.2) is 0 Å². The van der Waals surface area contributed by atoms with Crippen LogP contribution in [0.3, 0.4) is 0 Å². The standard InChI is InChI=1S/C12H24N2O2S.ClH/c1-4-17-10-6-5-9(7-10)14(2)12(15)11(13)8-16-3;/h9-11H,4-8,13H2,1-3H3;1H. The number of thioether (sulfide) groups is 1. The van der Waals surface area contributed by atoms with Gasteiger partial charge < -0.3 is 15.4 Å². The minimum atomic E-state index is -0.525. The summed E-state index contributed by atoms with van der Waals surface area (Å²) >= 11 is 2.00. The zero-order valence-corrected chi connectivity index (χ0v) is 13.1. The average Bonchev–Trinajstić information content (AvgIpc) is 2.76. The van der Waals surface area contributed by atoms with Crippen LogP contribution in [0.15, 0.2) is 0 Å². The van der Waals surface area contributed by atoms with Crippen molar-refractivity contribution < 1.29 is 9.53 Å². The van der Waals surface area contributed by atoms with Crippen molar-refractivity contribution in [2.45, 2.75) is 43.5 Å². The van der Waals surface area contributed by atoms with Crippen LogP contribution in [0.5, 0.6) is 0 Å². The molecule has 0 heterocycles. The molecule has 2 N–H and O–H groups in total. The number of hydrogen-bond acceptors (Lipinski definition) is 4. The summed E-state index contributed by atoms with van der Waals surface area (Å²) in [5.74, 6) is 1.15. The lowest BCUT2D eigenvalue weighted by molar-refractivity contribution is -0.134. The number of carbonyl (C=O) groups excluding carboxylic acids is 1. The Kier molecular flexibility index (Phi) is 9.03. The Balaban J connectivity index is 0.00000289. The van der Waals surface area contributed by atoms with E-state index in [1.807, 2.05) is 23.7 Å². The molecule has 1 aliphatic carbocycles. The molecule has 18 heavy (non-hydrogen) atoms. The second-order valence-electron chi connectivity index (χ2n) is 4.56. The summed E-state index contributed by atoms with van der Waals surface area (Å²) in [5.41, 5.74) is 5.77. The maximum absolute atomic E-state index is 12.0. The first-order chi connectivity index (χ1) is 8.10. The lowest BCUT2D eigenvalue weighted by Gasteiger charge is -2.27. The van der Waals surface area contributed by atoms with Gasteiger partial charge in [-0.1, -0.05) is 6.92 Å². The van der Waals surface area contributed by atoms with E-state index in [-0.39, 0.29) is 18.3 Å². The van der Waals surface area contributed by atoms with Crippen molar-refractivity contribution in [2.24, 2.45) is 5.73 Å². The molecular formula is C12H25ClN2O2S. The minimum Gasteiger partial charge on any atom is -0.383 e. The van der Waals surface area contributed by atoms with Crippen LogP contribution >= 0.6 is 24.2 Å². The van der Waals surface area contributed by atoms with Gasteiger partial charge in [-0.15, -0.1) is 12.4 Å². The predicted molar refractivity (Wildman–Crippen MR) is 79.4 cm³/mol. The molecule has 0 aromatic heterocycles. The quantitative estimate of drug-likeness (QED) is 0.807. The molecule has 0 aliphatic heterocycles. The zero-order chi connectivity index (χ0) is 12.8. The Morgan fingerprint density at radius 2 is 2.22 bits per heavy atom. The lowest BCUT2D eigenvalue weighted by atomic mass is 10.2. The van der Waals surface area contributed by atoms with Gasteiger partial charge in [-0.2, -0.15) is 11.8 Å². The van der Waals surface area contributed by atoms with Crippen LogP contribution in [0.1, 0.15) is 26.2 Å². The Morgan fingerprint density at radius 1 is 1.56 bits per heavy atom. The molecule has 1 saturated carbocycles. The number of likely N-dealkylation sites (N-methyl/N-ethyl adjacent to an activating group) is 1. The van der Waals surface area contributed by atoms with E-state index in [4.69, 9.17) is 10.5 Å². The largest absolute Gasteiger partial charge is 0.383 e. The molecule has 4 nitrogen and oxygen atoms in total. The molecule has 0 aromatic carbocycles. The van der Waals surface area contributed by atoms with E-state index in [1.165, 1.54) is 6.42 Å². The summed E-state index contributed by atoms with van der Waals surface area (Å²) in [6, 6.07) is -0.169. The summed E-state index contributed by atoms with van der Waals surface area (Å²) < 4.78 is 4.92. The highest BCUT2D eigenvalue weighted by molar-refractivity contribution is 7.99. The third-order valence-electron chi connectivity index (χ3n) is 3.32. The summed E-state index contributed by atoms with van der Waals surface area (Å²) in [6.07, 6.45) is 3.40. The van der Waals surface area contributed by atoms with Gasteiger partial charge in [0, 0.05) is 25.4 Å². The lowest BCUT2D eigenvalue weighted by Crippen LogP contribution is -2.47. The predicted octanol–water partition coefficient (Wildman–Crippen LogP) is 1.51. The number of nitrogens with two attached hydrogens (primary N) is 1. The first-order valence-electron chi connectivity index (χ1n) is 6.22. The first-order valence-corrected chi connectivity index (χ1v) is 7.27. The van der Waals surface area contributed by atoms with E-state index in [0.717, 1.165) is 18.6 Å². The van der Waals surface area contributed by atoms with Crippen LogP contribution < -0.4 is 5.73 Å². The van der Waals surface area contributed by atoms with Gasteiger partial charge in [0.25, 0.3) is 0 Å². The van der Waals surface area contributed by atoms with Crippen molar-refractivity contribution in [1.29, 1.82) is 0 Å². The fourth-order valence-electron chi connectivity index (χ4n) is 2.35. The van der Waals surface area contributed by atoms with Gasteiger partial charge in [-0.3, -0.25) is 4.79 Å². The Labute approximate surface area is 120 Å². The van der Waals surface area contributed by atoms with E-state index in [0.29, 0.717) is 17.9 Å². The monoisotopic (exact) mass is 296 g/mol. The minimum absolute atomic E-state index is 0. The number of halogens is 1. The Bertz CT molecular complexity index is 256. The smallest absolute Gasteiger partial charge is 0.241 e. The second kappa shape index (κ2) is 9.02. The molecule has 3 atom stereocenters. The number of carbonyl (C=O) groups is 1. The van der Waals surface area contributed by atoms with E-state index in [9.17, 15) is 4.79 Å². The van der Waals surface area contributed by atoms with Crippen molar-refractivity contribution in [2.75, 3.05) is 26.5 Å². The van der Waals surface area contributed by atoms with Crippen LogP contribution in [-0.2, 0) is 9.53 Å². The molecule has 6 heteroatoms. The van der Waals surface area contributed by atoms with E-state index < -0.39 is 6.04 Å². The summed E-state index contributed by atoms with van der Waals surface area (Å²) in [4.78, 5) is 13.8. The van der Waals surface area contributed by atoms with Gasteiger partial charge in [-0.05, 0) is 25.0 Å². The second-order valence-corrected chi connectivity index (χ2v) is 6.13. The Morgan fingerprint density at radius 3 is 2.78 bits per heavy atom. The molecule has 1 fully saturated rings. The third-order valence-corrected chi connectivity index (χ3v) is 4.55. The van der Waals surface area contributed by atoms with Gasteiger partial charge in [-0.25, -0.2) is 0 Å². The van der Waals surface area contributed by atoms with Crippen molar-refractivity contribution in [3.63, 3.8) is 0 Å². The molecule has 108 valence electrons. The molecule has 3 unspecified atom stereocenters. The number of ether oxygens (including phenoxy) is 1. The van der Waals surface area contributed by atoms with Crippen LogP contribution in [0.25, 0.3) is 0 Å². The number of nitrogens with zero attached hydrogens (tertiary/aromatic N) is 1. The third kappa shape index (κ3) is 4.96. The van der Waals surface area contributed by atoms with Crippen molar-refractivity contribution in [1.82, 2.24) is 4.90 Å². The average molecular weight is 297 g/mol. The molecule has 0 spiro atoms. The number of hydrogen-bond donors (Lipinski definition) is 1. The van der Waals surface area contributed by atoms with Gasteiger partial charge in [0.05, 0.1) is 6.61 Å². The topological polar surface area (TPSA) is 55.6 Å². The maximum Gasteiger partial charge on any atom is 0.241 e. The van der Waals surface area contributed by atoms with Gasteiger partial charge in [0.1, 0.15) is 6.04 Å². The highest BCUT2D eigenvalue weighted by Gasteiger charge is 2.31. The summed E-state index contributed by atoms with van der Waals surface area (Å²) in [5, 5.41) is 0.707. The van der Waals surface area contributed by atoms with Crippen LogP contribution in [0, 0.1) is 0 Å². The highest BCUT2D eigenvalue weighted by Crippen LogP contribution is 2.32. The molecule has 0 bridgehead atoms. The van der Waals surface area contributed by atoms with Gasteiger partial charge in [0.2, 0.25) is 5.91 Å². The molecule has 0 aromatic rings. The number of amides is 1. The molecule has 1 aliphatic rings. The fraction of sp³-hybridized carbons (Fsp3) is 0.917. The van der Waals surface area contributed by atoms with E-state index in [1.54, 1.807) is 7.11 Å². The Hall–Kier alpha value is 0.0300. The first kappa shape index (κ1) is 18.0. The normalized spacial score (nSPS) is 24.4. The number of rotatable bonds is 6. The molecule has 1 rings (SSSR count). The van der Waals surface area contributed by atoms with Crippen LogP contribution in [-0.4, -0.2) is 54.7 Å². The van der Waals surface area contributed by atoms with E-state index in [2.05, 4.69) is 6.92 Å². The molecule has 0 radical (unpaired) electrons. The molecular weight excluding hydrogens is 272 g/mol. The fourth-order valence-corrected chi connectivity index (χ4v) is 3.48. The van der Waals surface area contributed by atoms with Crippen molar-refractivity contribution in [3.05, 3.63) is 0 Å². The molecule has 1 amide bonds. The number of methoxy groups -OCH3 is 1. The SMILES string of the molecule is CCSC1CCC(N(C)C(=O)C(N)COC)C1.Cl. The van der Waals surface area contributed by atoms with E-state index >= 15 is 0 Å². The van der Waals surface area contributed by atoms with Crippen molar-refractivity contribution in [3.8, 4) is 0 Å². The van der Waals surface area contributed by atoms with Crippen molar-refractivity contribution >= 4 is 30.1 Å².